The molecule has 35 heavy (non-hydrogen) atoms. The highest BCUT2D eigenvalue weighted by Gasteiger charge is 2.10. The minimum absolute atomic E-state index is 0.0329. The quantitative estimate of drug-likeness (QED) is 0.342. The van der Waals surface area contributed by atoms with Gasteiger partial charge in [0.2, 0.25) is 11.9 Å². The molecule has 2 heterocycles. The van der Waals surface area contributed by atoms with E-state index >= 15 is 0 Å². The molecule has 176 valence electrons. The molecule has 2 amide bonds. The van der Waals surface area contributed by atoms with Crippen LogP contribution in [0.3, 0.4) is 0 Å². The van der Waals surface area contributed by atoms with E-state index in [9.17, 15) is 9.59 Å². The molecule has 4 rings (SSSR count). The number of aromatic nitrogens is 3. The third-order valence-electron chi connectivity index (χ3n) is 5.35. The average molecular weight is 467 g/mol. The molecule has 0 fully saturated rings. The number of pyridine rings is 1. The van der Waals surface area contributed by atoms with E-state index in [1.54, 1.807) is 43.7 Å². The Balaban J connectivity index is 1.47. The third kappa shape index (κ3) is 6.26. The topological polar surface area (TPSA) is 109 Å². The molecule has 2 aromatic carbocycles. The molecule has 8 nitrogen and oxygen atoms in total. The molecule has 0 bridgehead atoms. The van der Waals surface area contributed by atoms with Crippen LogP contribution in [0, 0.1) is 6.92 Å². The number of amides is 2. The maximum absolute atomic E-state index is 12.9. The number of anilines is 3. The van der Waals surface area contributed by atoms with Gasteiger partial charge < -0.3 is 16.0 Å². The first-order valence-electron chi connectivity index (χ1n) is 11.3. The van der Waals surface area contributed by atoms with Gasteiger partial charge in [0.1, 0.15) is 0 Å². The molecule has 0 aliphatic carbocycles. The molecule has 2 aromatic heterocycles. The fourth-order valence-corrected chi connectivity index (χ4v) is 3.40. The Kier molecular flexibility index (Phi) is 7.42. The van der Waals surface area contributed by atoms with Gasteiger partial charge in [0.25, 0.3) is 5.91 Å². The Morgan fingerprint density at radius 2 is 1.86 bits per heavy atom. The Morgan fingerprint density at radius 1 is 0.971 bits per heavy atom. The number of rotatable bonds is 8. The van der Waals surface area contributed by atoms with Crippen LogP contribution in [0.4, 0.5) is 17.3 Å². The van der Waals surface area contributed by atoms with Crippen molar-refractivity contribution in [3.05, 3.63) is 95.9 Å². The summed E-state index contributed by atoms with van der Waals surface area (Å²) in [6.45, 7) is 4.14. The molecule has 0 saturated heterocycles. The standard InChI is InChI=1S/C27H26N6O2/c1-3-25(34)30-16-19-6-4-7-20(14-19)26(35)31-22-10-9-18(2)24(15-22)33-27-29-13-11-23(32-27)21-8-5-12-28-17-21/h4-15,17H,3,16H2,1-2H3,(H,30,34)(H,31,35)(H,29,32,33). The van der Waals surface area contributed by atoms with Gasteiger partial charge in [-0.25, -0.2) is 9.97 Å². The van der Waals surface area contributed by atoms with Crippen molar-refractivity contribution in [2.45, 2.75) is 26.8 Å². The highest BCUT2D eigenvalue weighted by atomic mass is 16.2. The Labute approximate surface area is 203 Å². The van der Waals surface area contributed by atoms with E-state index in [2.05, 4.69) is 30.9 Å². The van der Waals surface area contributed by atoms with Gasteiger partial charge in [-0.2, -0.15) is 0 Å². The molecule has 8 heteroatoms. The van der Waals surface area contributed by atoms with Gasteiger partial charge in [0.15, 0.2) is 0 Å². The van der Waals surface area contributed by atoms with Crippen molar-refractivity contribution in [2.24, 2.45) is 0 Å². The highest BCUT2D eigenvalue weighted by molar-refractivity contribution is 6.04. The monoisotopic (exact) mass is 466 g/mol. The number of nitrogens with zero attached hydrogens (tertiary/aromatic N) is 3. The van der Waals surface area contributed by atoms with Crippen molar-refractivity contribution < 1.29 is 9.59 Å². The zero-order valence-corrected chi connectivity index (χ0v) is 19.6. The number of carbonyl (C=O) groups is 2. The Morgan fingerprint density at radius 3 is 2.66 bits per heavy atom. The number of hydrogen-bond donors (Lipinski definition) is 3. The van der Waals surface area contributed by atoms with Crippen LogP contribution in [0.2, 0.25) is 0 Å². The number of benzene rings is 2. The lowest BCUT2D eigenvalue weighted by atomic mass is 10.1. The second-order valence-electron chi connectivity index (χ2n) is 7.95. The van der Waals surface area contributed by atoms with Gasteiger partial charge >= 0.3 is 0 Å². The summed E-state index contributed by atoms with van der Waals surface area (Å²) in [6.07, 6.45) is 5.57. The summed E-state index contributed by atoms with van der Waals surface area (Å²) in [5, 5.41) is 9.00. The van der Waals surface area contributed by atoms with Crippen molar-refractivity contribution in [1.29, 1.82) is 0 Å². The van der Waals surface area contributed by atoms with Crippen molar-refractivity contribution in [3.63, 3.8) is 0 Å². The summed E-state index contributed by atoms with van der Waals surface area (Å²) in [4.78, 5) is 37.4. The van der Waals surface area contributed by atoms with Crippen molar-refractivity contribution in [3.8, 4) is 11.3 Å². The largest absolute Gasteiger partial charge is 0.352 e. The van der Waals surface area contributed by atoms with Gasteiger partial charge in [-0.3, -0.25) is 14.6 Å². The van der Waals surface area contributed by atoms with Crippen LogP contribution in [-0.4, -0.2) is 26.8 Å². The predicted molar refractivity (Wildman–Crippen MR) is 136 cm³/mol. The lowest BCUT2D eigenvalue weighted by molar-refractivity contribution is -0.120. The van der Waals surface area contributed by atoms with Gasteiger partial charge in [0, 0.05) is 54.1 Å². The number of nitrogens with one attached hydrogen (secondary N) is 3. The highest BCUT2D eigenvalue weighted by Crippen LogP contribution is 2.24. The van der Waals surface area contributed by atoms with E-state index in [0.29, 0.717) is 30.2 Å². The molecule has 0 aliphatic rings. The van der Waals surface area contributed by atoms with Gasteiger partial charge in [-0.15, -0.1) is 0 Å². The van der Waals surface area contributed by atoms with Crippen LogP contribution in [0.15, 0.2) is 79.3 Å². The van der Waals surface area contributed by atoms with Crippen LogP contribution in [-0.2, 0) is 11.3 Å². The second kappa shape index (κ2) is 11.0. The molecule has 0 radical (unpaired) electrons. The van der Waals surface area contributed by atoms with Crippen LogP contribution in [0.5, 0.6) is 0 Å². The maximum atomic E-state index is 12.9. The molecule has 0 unspecified atom stereocenters. The summed E-state index contributed by atoms with van der Waals surface area (Å²) in [5.41, 5.74) is 5.41. The van der Waals surface area contributed by atoms with E-state index in [1.165, 1.54) is 0 Å². The zero-order chi connectivity index (χ0) is 24.6. The summed E-state index contributed by atoms with van der Waals surface area (Å²) in [7, 11) is 0. The third-order valence-corrected chi connectivity index (χ3v) is 5.35. The van der Waals surface area contributed by atoms with Crippen LogP contribution in [0.25, 0.3) is 11.3 Å². The molecular formula is C27H26N6O2. The van der Waals surface area contributed by atoms with Crippen molar-refractivity contribution >= 4 is 29.1 Å². The van der Waals surface area contributed by atoms with E-state index < -0.39 is 0 Å². The summed E-state index contributed by atoms with van der Waals surface area (Å²) in [5.74, 6) is 0.174. The van der Waals surface area contributed by atoms with Gasteiger partial charge in [-0.05, 0) is 60.5 Å². The average Bonchev–Trinajstić information content (AvgIpc) is 2.90. The van der Waals surface area contributed by atoms with Gasteiger partial charge in [0.05, 0.1) is 5.69 Å². The first-order chi connectivity index (χ1) is 17.0. The molecule has 0 spiro atoms. The van der Waals surface area contributed by atoms with Crippen molar-refractivity contribution in [2.75, 3.05) is 10.6 Å². The number of aryl methyl sites for hydroxylation is 1. The van der Waals surface area contributed by atoms with Crippen LogP contribution in [0.1, 0.15) is 34.8 Å². The SMILES string of the molecule is CCC(=O)NCc1cccc(C(=O)Nc2ccc(C)c(Nc3nccc(-c4cccnc4)n3)c2)c1. The molecule has 0 aliphatic heterocycles. The predicted octanol–water partition coefficient (Wildman–Crippen LogP) is 4.87. The van der Waals surface area contributed by atoms with E-state index in [0.717, 1.165) is 28.1 Å². The summed E-state index contributed by atoms with van der Waals surface area (Å²) >= 11 is 0. The second-order valence-corrected chi connectivity index (χ2v) is 7.95. The normalized spacial score (nSPS) is 10.5. The lowest BCUT2D eigenvalue weighted by Gasteiger charge is -2.12. The maximum Gasteiger partial charge on any atom is 0.255 e. The molecule has 0 atom stereocenters. The number of carbonyl (C=O) groups excluding carboxylic acids is 2. The number of hydrogen-bond acceptors (Lipinski definition) is 6. The smallest absolute Gasteiger partial charge is 0.255 e. The first-order valence-corrected chi connectivity index (χ1v) is 11.3. The summed E-state index contributed by atoms with van der Waals surface area (Å²) < 4.78 is 0. The van der Waals surface area contributed by atoms with Crippen LogP contribution < -0.4 is 16.0 Å². The fraction of sp³-hybridized carbons (Fsp3) is 0.148. The molecular weight excluding hydrogens is 440 g/mol. The molecule has 3 N–H and O–H groups in total. The zero-order valence-electron chi connectivity index (χ0n) is 19.6. The summed E-state index contributed by atoms with van der Waals surface area (Å²) in [6, 6.07) is 18.4. The minimum Gasteiger partial charge on any atom is -0.352 e. The van der Waals surface area contributed by atoms with Gasteiger partial charge in [-0.1, -0.05) is 25.1 Å². The van der Waals surface area contributed by atoms with E-state index in [4.69, 9.17) is 0 Å². The Hall–Kier alpha value is -4.59. The Bertz CT molecular complexity index is 1340. The van der Waals surface area contributed by atoms with E-state index in [1.807, 2.05) is 49.4 Å². The molecule has 0 saturated carbocycles. The van der Waals surface area contributed by atoms with E-state index in [-0.39, 0.29) is 11.8 Å². The minimum atomic E-state index is -0.238. The lowest BCUT2D eigenvalue weighted by Crippen LogP contribution is -2.21. The first kappa shape index (κ1) is 23.6. The molecule has 4 aromatic rings. The fourth-order valence-electron chi connectivity index (χ4n) is 3.40. The van der Waals surface area contributed by atoms with Crippen LogP contribution >= 0.6 is 0 Å². The van der Waals surface area contributed by atoms with Crippen molar-refractivity contribution in [1.82, 2.24) is 20.3 Å².